The van der Waals surface area contributed by atoms with E-state index >= 15 is 0 Å². The Morgan fingerprint density at radius 3 is 2.60 bits per heavy atom. The number of alkyl halides is 1. The van der Waals surface area contributed by atoms with E-state index < -0.39 is 0 Å². The fourth-order valence-corrected chi connectivity index (χ4v) is 2.78. The van der Waals surface area contributed by atoms with Crippen LogP contribution in [0.4, 0.5) is 4.39 Å². The Labute approximate surface area is 129 Å². The molecule has 0 amide bonds. The number of halogens is 3. The molecule has 1 atom stereocenters. The molecule has 2 rings (SSSR count). The van der Waals surface area contributed by atoms with Gasteiger partial charge in [-0.1, -0.05) is 29.8 Å². The number of rotatable bonds is 5. The predicted octanol–water partition coefficient (Wildman–Crippen LogP) is 5.43. The van der Waals surface area contributed by atoms with Crippen molar-refractivity contribution < 1.29 is 4.39 Å². The molecule has 106 valence electrons. The van der Waals surface area contributed by atoms with E-state index in [1.54, 1.807) is 6.07 Å². The molecular formula is C17H17Cl2F. The quantitative estimate of drug-likeness (QED) is 0.646. The molecule has 2 aromatic rings. The van der Waals surface area contributed by atoms with Crippen LogP contribution in [-0.2, 0) is 12.8 Å². The molecule has 0 saturated heterocycles. The summed E-state index contributed by atoms with van der Waals surface area (Å²) in [5.41, 5.74) is 3.29. The lowest BCUT2D eigenvalue weighted by molar-refractivity contribution is 0.574. The fraction of sp³-hybridized carbons (Fsp3) is 0.294. The summed E-state index contributed by atoms with van der Waals surface area (Å²) in [6.07, 6.45) is 1.62. The molecule has 0 N–H and O–H groups in total. The Kier molecular flexibility index (Phi) is 5.45. The third kappa shape index (κ3) is 4.22. The maximum atomic E-state index is 13.3. The van der Waals surface area contributed by atoms with Crippen molar-refractivity contribution in [3.63, 3.8) is 0 Å². The first kappa shape index (κ1) is 15.3. The summed E-state index contributed by atoms with van der Waals surface area (Å²) >= 11 is 12.1. The molecule has 0 nitrogen and oxygen atoms in total. The van der Waals surface area contributed by atoms with Gasteiger partial charge in [-0.3, -0.25) is 0 Å². The lowest BCUT2D eigenvalue weighted by Gasteiger charge is -2.16. The number of hydrogen-bond acceptors (Lipinski definition) is 0. The molecule has 20 heavy (non-hydrogen) atoms. The van der Waals surface area contributed by atoms with Gasteiger partial charge in [0.05, 0.1) is 0 Å². The smallest absolute Gasteiger partial charge is 0.123 e. The van der Waals surface area contributed by atoms with Crippen molar-refractivity contribution in [1.82, 2.24) is 0 Å². The number of aryl methyl sites for hydroxylation is 1. The second-order valence-corrected chi connectivity index (χ2v) is 5.87. The van der Waals surface area contributed by atoms with E-state index in [0.29, 0.717) is 5.88 Å². The van der Waals surface area contributed by atoms with Crippen LogP contribution < -0.4 is 0 Å². The molecule has 0 aromatic heterocycles. The fourth-order valence-electron chi connectivity index (χ4n) is 2.35. The summed E-state index contributed by atoms with van der Waals surface area (Å²) in [5, 5.41) is 0.734. The van der Waals surface area contributed by atoms with E-state index in [9.17, 15) is 4.39 Å². The van der Waals surface area contributed by atoms with E-state index in [-0.39, 0.29) is 11.7 Å². The minimum absolute atomic E-state index is 0.193. The first-order valence-electron chi connectivity index (χ1n) is 6.64. The molecule has 0 aliphatic heterocycles. The molecule has 3 heteroatoms. The van der Waals surface area contributed by atoms with Gasteiger partial charge < -0.3 is 0 Å². The lowest BCUT2D eigenvalue weighted by atomic mass is 9.92. The second-order valence-electron chi connectivity index (χ2n) is 5.13. The summed E-state index contributed by atoms with van der Waals surface area (Å²) in [5.74, 6) is 0.625. The molecule has 0 spiro atoms. The highest BCUT2D eigenvalue weighted by atomic mass is 35.5. The minimum Gasteiger partial charge on any atom is -0.207 e. The van der Waals surface area contributed by atoms with Crippen molar-refractivity contribution in [1.29, 1.82) is 0 Å². The second kappa shape index (κ2) is 7.10. The summed E-state index contributed by atoms with van der Waals surface area (Å²) in [4.78, 5) is 0. The lowest BCUT2D eigenvalue weighted by Crippen LogP contribution is -2.11. The average molecular weight is 311 g/mol. The van der Waals surface area contributed by atoms with Crippen LogP contribution in [0.2, 0.25) is 5.02 Å². The maximum absolute atomic E-state index is 13.3. The molecule has 0 radical (unpaired) electrons. The largest absolute Gasteiger partial charge is 0.207 e. The van der Waals surface area contributed by atoms with Gasteiger partial charge in [0.2, 0.25) is 0 Å². The van der Waals surface area contributed by atoms with Crippen LogP contribution in [0.1, 0.15) is 16.7 Å². The van der Waals surface area contributed by atoms with E-state index in [1.807, 2.05) is 37.3 Å². The van der Waals surface area contributed by atoms with Crippen LogP contribution in [0.3, 0.4) is 0 Å². The van der Waals surface area contributed by atoms with Gasteiger partial charge in [0.25, 0.3) is 0 Å². The zero-order valence-electron chi connectivity index (χ0n) is 11.4. The topological polar surface area (TPSA) is 0 Å². The number of hydrogen-bond donors (Lipinski definition) is 0. The Balaban J connectivity index is 2.11. The Hall–Kier alpha value is -1.05. The predicted molar refractivity (Wildman–Crippen MR) is 84.2 cm³/mol. The summed E-state index contributed by atoms with van der Waals surface area (Å²) in [6.45, 7) is 2.00. The van der Waals surface area contributed by atoms with Crippen molar-refractivity contribution >= 4 is 23.2 Å². The van der Waals surface area contributed by atoms with Gasteiger partial charge in [-0.2, -0.15) is 0 Å². The van der Waals surface area contributed by atoms with Crippen molar-refractivity contribution in [2.75, 3.05) is 5.88 Å². The molecule has 0 heterocycles. The van der Waals surface area contributed by atoms with Crippen LogP contribution in [0.15, 0.2) is 42.5 Å². The summed E-state index contributed by atoms with van der Waals surface area (Å²) in [6, 6.07) is 12.7. The van der Waals surface area contributed by atoms with Crippen molar-refractivity contribution in [3.8, 4) is 0 Å². The molecule has 0 saturated carbocycles. The zero-order chi connectivity index (χ0) is 14.5. The van der Waals surface area contributed by atoms with Crippen LogP contribution in [0, 0.1) is 18.7 Å². The maximum Gasteiger partial charge on any atom is 0.123 e. The van der Waals surface area contributed by atoms with Gasteiger partial charge in [-0.25, -0.2) is 4.39 Å². The van der Waals surface area contributed by atoms with Crippen molar-refractivity contribution in [3.05, 3.63) is 70.0 Å². The van der Waals surface area contributed by atoms with Crippen LogP contribution in [0.25, 0.3) is 0 Å². The monoisotopic (exact) mass is 310 g/mol. The van der Waals surface area contributed by atoms with Crippen molar-refractivity contribution in [2.45, 2.75) is 19.8 Å². The highest BCUT2D eigenvalue weighted by Crippen LogP contribution is 2.21. The normalized spacial score (nSPS) is 12.4. The number of benzene rings is 2. The standard InChI is InChI=1S/C17H17Cl2F/c1-12-5-6-17(20)10-15(12)8-14(11-18)7-13-3-2-4-16(19)9-13/h2-6,9-10,14H,7-8,11H2,1H3. The van der Waals surface area contributed by atoms with Crippen LogP contribution in [-0.4, -0.2) is 5.88 Å². The van der Waals surface area contributed by atoms with Crippen molar-refractivity contribution in [2.24, 2.45) is 5.92 Å². The highest BCUT2D eigenvalue weighted by Gasteiger charge is 2.12. The van der Waals surface area contributed by atoms with Crippen LogP contribution in [0.5, 0.6) is 0 Å². The minimum atomic E-state index is -0.193. The van der Waals surface area contributed by atoms with E-state index in [1.165, 1.54) is 6.07 Å². The molecule has 0 aliphatic rings. The Morgan fingerprint density at radius 2 is 1.90 bits per heavy atom. The van der Waals surface area contributed by atoms with Gasteiger partial charge in [0, 0.05) is 10.9 Å². The third-order valence-corrected chi connectivity index (χ3v) is 4.12. The molecule has 0 aliphatic carbocycles. The molecule has 0 bridgehead atoms. The van der Waals surface area contributed by atoms with E-state index in [0.717, 1.165) is 34.6 Å². The summed E-state index contributed by atoms with van der Waals surface area (Å²) in [7, 11) is 0. The van der Waals surface area contributed by atoms with Gasteiger partial charge >= 0.3 is 0 Å². The molecule has 2 aromatic carbocycles. The molecule has 0 fully saturated rings. The Morgan fingerprint density at radius 1 is 1.10 bits per heavy atom. The van der Waals surface area contributed by atoms with Gasteiger partial charge in [0.1, 0.15) is 5.82 Å². The zero-order valence-corrected chi connectivity index (χ0v) is 12.9. The van der Waals surface area contributed by atoms with E-state index in [4.69, 9.17) is 23.2 Å². The molecule has 1 unspecified atom stereocenters. The SMILES string of the molecule is Cc1ccc(F)cc1CC(CCl)Cc1cccc(Cl)c1. The van der Waals surface area contributed by atoms with Crippen LogP contribution >= 0.6 is 23.2 Å². The molecular weight excluding hydrogens is 294 g/mol. The first-order valence-corrected chi connectivity index (χ1v) is 7.55. The van der Waals surface area contributed by atoms with E-state index in [2.05, 4.69) is 0 Å². The summed E-state index contributed by atoms with van der Waals surface area (Å²) < 4.78 is 13.3. The van der Waals surface area contributed by atoms with Gasteiger partial charge in [-0.05, 0) is 66.6 Å². The third-order valence-electron chi connectivity index (χ3n) is 3.45. The first-order chi connectivity index (χ1) is 9.58. The average Bonchev–Trinajstić information content (AvgIpc) is 2.42. The van der Waals surface area contributed by atoms with Gasteiger partial charge in [-0.15, -0.1) is 11.6 Å². The Bertz CT molecular complexity index is 581. The highest BCUT2D eigenvalue weighted by molar-refractivity contribution is 6.30. The van der Waals surface area contributed by atoms with Gasteiger partial charge in [0.15, 0.2) is 0 Å².